The molecule has 1 heterocycles. The van der Waals surface area contributed by atoms with Gasteiger partial charge < -0.3 is 15.4 Å². The summed E-state index contributed by atoms with van der Waals surface area (Å²) in [5, 5.41) is 6.14. The number of amides is 1. The molecular formula is C19H21FN2O2. The Labute approximate surface area is 141 Å². The van der Waals surface area contributed by atoms with Gasteiger partial charge >= 0.3 is 0 Å². The fraction of sp³-hybridized carbons (Fsp3) is 0.316. The lowest BCUT2D eigenvalue weighted by Gasteiger charge is -2.31. The number of carbonyl (C=O) groups is 1. The number of ether oxygens (including phenoxy) is 1. The molecule has 1 aliphatic rings. The maximum Gasteiger partial charge on any atom is 0.227 e. The SMILES string of the molecule is CC(C(=O)Nc1cccc(COc2cccc(F)c2)c1)C1CNC1. The van der Waals surface area contributed by atoms with Crippen molar-refractivity contribution in [1.82, 2.24) is 5.32 Å². The molecule has 5 heteroatoms. The molecule has 4 nitrogen and oxygen atoms in total. The largest absolute Gasteiger partial charge is 0.489 e. The molecule has 1 atom stereocenters. The summed E-state index contributed by atoms with van der Waals surface area (Å²) in [4.78, 5) is 12.3. The topological polar surface area (TPSA) is 50.4 Å². The minimum atomic E-state index is -0.326. The molecule has 2 aromatic carbocycles. The van der Waals surface area contributed by atoms with E-state index in [4.69, 9.17) is 4.74 Å². The van der Waals surface area contributed by atoms with Crippen molar-refractivity contribution in [3.05, 3.63) is 59.9 Å². The molecule has 2 N–H and O–H groups in total. The summed E-state index contributed by atoms with van der Waals surface area (Å²) in [5.41, 5.74) is 1.66. The standard InChI is InChI=1S/C19H21FN2O2/c1-13(15-10-21-11-15)19(23)22-17-6-2-4-14(8-17)12-24-18-7-3-5-16(20)9-18/h2-9,13,15,21H,10-12H2,1H3,(H,22,23). The minimum absolute atomic E-state index is 0.0153. The maximum atomic E-state index is 13.1. The first-order chi connectivity index (χ1) is 11.6. The third kappa shape index (κ3) is 4.11. The molecule has 0 aromatic heterocycles. The van der Waals surface area contributed by atoms with Crippen molar-refractivity contribution in [3.8, 4) is 5.75 Å². The highest BCUT2D eigenvalue weighted by atomic mass is 19.1. The monoisotopic (exact) mass is 328 g/mol. The van der Waals surface area contributed by atoms with Crippen molar-refractivity contribution in [2.45, 2.75) is 13.5 Å². The second-order valence-corrected chi connectivity index (χ2v) is 6.14. The second-order valence-electron chi connectivity index (χ2n) is 6.14. The second kappa shape index (κ2) is 7.45. The average Bonchev–Trinajstić information content (AvgIpc) is 2.52. The number of benzene rings is 2. The summed E-state index contributed by atoms with van der Waals surface area (Å²) in [6.45, 7) is 4.07. The Balaban J connectivity index is 1.58. The maximum absolute atomic E-state index is 13.1. The van der Waals surface area contributed by atoms with E-state index in [0.717, 1.165) is 24.3 Å². The molecule has 3 rings (SSSR count). The van der Waals surface area contributed by atoms with Crippen LogP contribution in [-0.2, 0) is 11.4 Å². The van der Waals surface area contributed by atoms with Crippen LogP contribution in [0.2, 0.25) is 0 Å². The lowest BCUT2D eigenvalue weighted by atomic mass is 9.88. The molecule has 24 heavy (non-hydrogen) atoms. The summed E-state index contributed by atoms with van der Waals surface area (Å²) in [7, 11) is 0. The van der Waals surface area contributed by atoms with Gasteiger partial charge in [-0.25, -0.2) is 4.39 Å². The Hall–Kier alpha value is -2.40. The molecule has 1 unspecified atom stereocenters. The quantitative estimate of drug-likeness (QED) is 0.856. The Morgan fingerprint density at radius 2 is 2.08 bits per heavy atom. The van der Waals surface area contributed by atoms with Crippen LogP contribution < -0.4 is 15.4 Å². The molecule has 2 aromatic rings. The minimum Gasteiger partial charge on any atom is -0.489 e. The van der Waals surface area contributed by atoms with E-state index in [0.29, 0.717) is 18.3 Å². The average molecular weight is 328 g/mol. The van der Waals surface area contributed by atoms with Crippen molar-refractivity contribution in [2.75, 3.05) is 18.4 Å². The first-order valence-corrected chi connectivity index (χ1v) is 8.11. The zero-order valence-electron chi connectivity index (χ0n) is 13.6. The van der Waals surface area contributed by atoms with Crippen molar-refractivity contribution < 1.29 is 13.9 Å². The van der Waals surface area contributed by atoms with Crippen LogP contribution in [0.4, 0.5) is 10.1 Å². The van der Waals surface area contributed by atoms with Gasteiger partial charge in [-0.05, 0) is 48.8 Å². The smallest absolute Gasteiger partial charge is 0.227 e. The number of hydrogen-bond acceptors (Lipinski definition) is 3. The first-order valence-electron chi connectivity index (χ1n) is 8.11. The van der Waals surface area contributed by atoms with Gasteiger partial charge in [0, 0.05) is 17.7 Å². The van der Waals surface area contributed by atoms with E-state index in [1.165, 1.54) is 12.1 Å². The fourth-order valence-electron chi connectivity index (χ4n) is 2.60. The lowest BCUT2D eigenvalue weighted by molar-refractivity contribution is -0.121. The predicted molar refractivity (Wildman–Crippen MR) is 91.3 cm³/mol. The predicted octanol–water partition coefficient (Wildman–Crippen LogP) is 3.20. The normalized spacial score (nSPS) is 15.4. The summed E-state index contributed by atoms with van der Waals surface area (Å²) in [6, 6.07) is 13.6. The van der Waals surface area contributed by atoms with Crippen molar-refractivity contribution in [1.29, 1.82) is 0 Å². The first kappa shape index (κ1) is 16.5. The zero-order valence-corrected chi connectivity index (χ0v) is 13.6. The highest BCUT2D eigenvalue weighted by Gasteiger charge is 2.28. The van der Waals surface area contributed by atoms with E-state index >= 15 is 0 Å². The van der Waals surface area contributed by atoms with Crippen LogP contribution in [-0.4, -0.2) is 19.0 Å². The third-order valence-corrected chi connectivity index (χ3v) is 4.33. The zero-order chi connectivity index (χ0) is 16.9. The Kier molecular flexibility index (Phi) is 5.11. The summed E-state index contributed by atoms with van der Waals surface area (Å²) >= 11 is 0. The number of hydrogen-bond donors (Lipinski definition) is 2. The van der Waals surface area contributed by atoms with Gasteiger partial charge in [0.15, 0.2) is 0 Å². The van der Waals surface area contributed by atoms with Crippen LogP contribution in [0, 0.1) is 17.7 Å². The number of anilines is 1. The molecule has 0 aliphatic carbocycles. The van der Waals surface area contributed by atoms with Gasteiger partial charge in [0.25, 0.3) is 0 Å². The Bertz CT molecular complexity index is 716. The molecule has 1 saturated heterocycles. The van der Waals surface area contributed by atoms with Crippen LogP contribution in [0.1, 0.15) is 12.5 Å². The van der Waals surface area contributed by atoms with Crippen molar-refractivity contribution in [2.24, 2.45) is 11.8 Å². The van der Waals surface area contributed by atoms with Gasteiger partial charge in [-0.1, -0.05) is 25.1 Å². The van der Waals surface area contributed by atoms with E-state index in [1.807, 2.05) is 31.2 Å². The van der Waals surface area contributed by atoms with E-state index < -0.39 is 0 Å². The van der Waals surface area contributed by atoms with Crippen LogP contribution in [0.15, 0.2) is 48.5 Å². The number of nitrogens with one attached hydrogen (secondary N) is 2. The summed E-state index contributed by atoms with van der Waals surface area (Å²) in [6.07, 6.45) is 0. The summed E-state index contributed by atoms with van der Waals surface area (Å²) < 4.78 is 18.7. The molecule has 1 aliphatic heterocycles. The fourth-order valence-corrected chi connectivity index (χ4v) is 2.60. The van der Waals surface area contributed by atoms with E-state index in [2.05, 4.69) is 10.6 Å². The molecule has 0 spiro atoms. The molecule has 0 bridgehead atoms. The summed E-state index contributed by atoms with van der Waals surface area (Å²) in [5.74, 6) is 0.580. The lowest BCUT2D eigenvalue weighted by Crippen LogP contribution is -2.48. The highest BCUT2D eigenvalue weighted by molar-refractivity contribution is 5.92. The molecular weight excluding hydrogens is 307 g/mol. The van der Waals surface area contributed by atoms with Gasteiger partial charge in [0.2, 0.25) is 5.91 Å². The van der Waals surface area contributed by atoms with E-state index in [1.54, 1.807) is 12.1 Å². The van der Waals surface area contributed by atoms with E-state index in [-0.39, 0.29) is 17.6 Å². The van der Waals surface area contributed by atoms with E-state index in [9.17, 15) is 9.18 Å². The van der Waals surface area contributed by atoms with Gasteiger partial charge in [-0.2, -0.15) is 0 Å². The van der Waals surface area contributed by atoms with Gasteiger partial charge in [0.1, 0.15) is 18.2 Å². The number of rotatable bonds is 6. The molecule has 0 radical (unpaired) electrons. The van der Waals surface area contributed by atoms with Crippen LogP contribution >= 0.6 is 0 Å². The van der Waals surface area contributed by atoms with Gasteiger partial charge in [0.05, 0.1) is 0 Å². The van der Waals surface area contributed by atoms with Crippen molar-refractivity contribution >= 4 is 11.6 Å². The molecule has 126 valence electrons. The molecule has 1 fully saturated rings. The molecule has 0 saturated carbocycles. The third-order valence-electron chi connectivity index (χ3n) is 4.33. The number of halogens is 1. The van der Waals surface area contributed by atoms with Gasteiger partial charge in [-0.15, -0.1) is 0 Å². The Morgan fingerprint density at radius 1 is 1.29 bits per heavy atom. The van der Waals surface area contributed by atoms with Gasteiger partial charge in [-0.3, -0.25) is 4.79 Å². The Morgan fingerprint density at radius 3 is 2.79 bits per heavy atom. The van der Waals surface area contributed by atoms with Crippen LogP contribution in [0.5, 0.6) is 5.75 Å². The highest BCUT2D eigenvalue weighted by Crippen LogP contribution is 2.20. The van der Waals surface area contributed by atoms with Crippen LogP contribution in [0.25, 0.3) is 0 Å². The van der Waals surface area contributed by atoms with Crippen molar-refractivity contribution in [3.63, 3.8) is 0 Å². The molecule has 1 amide bonds. The number of carbonyl (C=O) groups excluding carboxylic acids is 1. The van der Waals surface area contributed by atoms with Crippen LogP contribution in [0.3, 0.4) is 0 Å².